The number of para-hydroxylation sites is 1. The van der Waals surface area contributed by atoms with Crippen molar-refractivity contribution in [3.8, 4) is 0 Å². The molecule has 1 heterocycles. The summed E-state index contributed by atoms with van der Waals surface area (Å²) in [7, 11) is 0. The first-order valence-electron chi connectivity index (χ1n) is 8.59. The number of hydrogen-bond acceptors (Lipinski definition) is 2. The largest absolute Gasteiger partial charge is 0.333 e. The first-order chi connectivity index (χ1) is 12.1. The predicted octanol–water partition coefficient (Wildman–Crippen LogP) is 3.48. The Labute approximate surface area is 148 Å². The molecular formula is C20H23N3O2. The molecule has 0 aliphatic carbocycles. The molecule has 1 aliphatic heterocycles. The molecule has 0 unspecified atom stereocenters. The molecule has 0 spiro atoms. The van der Waals surface area contributed by atoms with Crippen molar-refractivity contribution >= 4 is 23.3 Å². The van der Waals surface area contributed by atoms with Crippen LogP contribution < -0.4 is 15.5 Å². The number of aryl methyl sites for hydroxylation is 2. The normalized spacial score (nSPS) is 16.8. The van der Waals surface area contributed by atoms with Crippen LogP contribution in [-0.2, 0) is 11.2 Å². The molecule has 2 aromatic rings. The molecule has 0 aromatic heterocycles. The van der Waals surface area contributed by atoms with E-state index < -0.39 is 0 Å². The SMILES string of the molecule is CCc1ccccc1NC(=O)N[C@@H]1CC(=O)N(c2ccc(C)cc2)C1. The number of nitrogens with zero attached hydrogens (tertiary/aromatic N) is 1. The van der Waals surface area contributed by atoms with Gasteiger partial charge in [-0.1, -0.05) is 42.8 Å². The molecule has 1 aliphatic rings. The van der Waals surface area contributed by atoms with E-state index in [2.05, 4.69) is 10.6 Å². The van der Waals surface area contributed by atoms with E-state index in [9.17, 15) is 9.59 Å². The van der Waals surface area contributed by atoms with Crippen molar-refractivity contribution in [3.63, 3.8) is 0 Å². The van der Waals surface area contributed by atoms with Crippen LogP contribution >= 0.6 is 0 Å². The van der Waals surface area contributed by atoms with Crippen LogP contribution in [0.2, 0.25) is 0 Å². The van der Waals surface area contributed by atoms with Crippen LogP contribution in [0, 0.1) is 6.92 Å². The third kappa shape index (κ3) is 3.99. The van der Waals surface area contributed by atoms with E-state index in [1.807, 2.05) is 62.4 Å². The van der Waals surface area contributed by atoms with E-state index in [4.69, 9.17) is 0 Å². The fourth-order valence-corrected chi connectivity index (χ4v) is 3.07. The van der Waals surface area contributed by atoms with Crippen LogP contribution in [0.3, 0.4) is 0 Å². The average Bonchev–Trinajstić information content (AvgIpc) is 2.96. The molecule has 5 nitrogen and oxygen atoms in total. The standard InChI is InChI=1S/C20H23N3O2/c1-3-15-6-4-5-7-18(15)22-20(25)21-16-12-19(24)23(13-16)17-10-8-14(2)9-11-17/h4-11,16H,3,12-13H2,1-2H3,(H2,21,22,25)/t16-/m1/s1. The zero-order valence-corrected chi connectivity index (χ0v) is 14.6. The lowest BCUT2D eigenvalue weighted by atomic mass is 10.1. The number of amides is 3. The zero-order valence-electron chi connectivity index (χ0n) is 14.6. The van der Waals surface area contributed by atoms with Crippen molar-refractivity contribution in [2.24, 2.45) is 0 Å². The summed E-state index contributed by atoms with van der Waals surface area (Å²) < 4.78 is 0. The summed E-state index contributed by atoms with van der Waals surface area (Å²) in [5, 5.41) is 5.79. The summed E-state index contributed by atoms with van der Waals surface area (Å²) in [6.45, 7) is 4.55. The van der Waals surface area contributed by atoms with E-state index in [0.29, 0.717) is 13.0 Å². The zero-order chi connectivity index (χ0) is 17.8. The van der Waals surface area contributed by atoms with Crippen molar-refractivity contribution in [3.05, 3.63) is 59.7 Å². The molecule has 0 bridgehead atoms. The molecule has 3 amide bonds. The maximum absolute atomic E-state index is 12.3. The summed E-state index contributed by atoms with van der Waals surface area (Å²) in [5.74, 6) is 0.0307. The van der Waals surface area contributed by atoms with Gasteiger partial charge in [-0.25, -0.2) is 4.79 Å². The van der Waals surface area contributed by atoms with Crippen LogP contribution in [-0.4, -0.2) is 24.5 Å². The van der Waals surface area contributed by atoms with E-state index in [1.54, 1.807) is 4.90 Å². The summed E-state index contributed by atoms with van der Waals surface area (Å²) in [6.07, 6.45) is 1.16. The number of carbonyl (C=O) groups is 2. The Morgan fingerprint density at radius 2 is 1.88 bits per heavy atom. The smallest absolute Gasteiger partial charge is 0.319 e. The lowest BCUT2D eigenvalue weighted by molar-refractivity contribution is -0.117. The molecule has 1 saturated heterocycles. The van der Waals surface area contributed by atoms with Gasteiger partial charge < -0.3 is 15.5 Å². The fraction of sp³-hybridized carbons (Fsp3) is 0.300. The van der Waals surface area contributed by atoms with Gasteiger partial charge in [0.15, 0.2) is 0 Å². The van der Waals surface area contributed by atoms with Crippen molar-refractivity contribution in [1.82, 2.24) is 5.32 Å². The Morgan fingerprint density at radius 1 is 1.16 bits per heavy atom. The van der Waals surface area contributed by atoms with E-state index >= 15 is 0 Å². The van der Waals surface area contributed by atoms with Gasteiger partial charge in [-0.3, -0.25) is 4.79 Å². The van der Waals surface area contributed by atoms with Crippen molar-refractivity contribution in [2.45, 2.75) is 32.7 Å². The number of nitrogens with one attached hydrogen (secondary N) is 2. The lowest BCUT2D eigenvalue weighted by Crippen LogP contribution is -2.39. The minimum absolute atomic E-state index is 0.0307. The Kier molecular flexibility index (Phi) is 5.03. The van der Waals surface area contributed by atoms with Gasteiger partial charge in [0.25, 0.3) is 0 Å². The monoisotopic (exact) mass is 337 g/mol. The van der Waals surface area contributed by atoms with E-state index in [1.165, 1.54) is 0 Å². The van der Waals surface area contributed by atoms with Crippen LogP contribution in [0.1, 0.15) is 24.5 Å². The van der Waals surface area contributed by atoms with Crippen LogP contribution in [0.4, 0.5) is 16.2 Å². The van der Waals surface area contributed by atoms with Crippen LogP contribution in [0.5, 0.6) is 0 Å². The fourth-order valence-electron chi connectivity index (χ4n) is 3.07. The highest BCUT2D eigenvalue weighted by Gasteiger charge is 2.31. The Balaban J connectivity index is 1.61. The first-order valence-corrected chi connectivity index (χ1v) is 8.59. The second-order valence-electron chi connectivity index (χ2n) is 6.35. The van der Waals surface area contributed by atoms with Crippen molar-refractivity contribution in [2.75, 3.05) is 16.8 Å². The van der Waals surface area contributed by atoms with Gasteiger partial charge in [-0.15, -0.1) is 0 Å². The summed E-state index contributed by atoms with van der Waals surface area (Å²) in [5.41, 5.74) is 3.92. The quantitative estimate of drug-likeness (QED) is 0.897. The highest BCUT2D eigenvalue weighted by Crippen LogP contribution is 2.22. The number of hydrogen-bond donors (Lipinski definition) is 2. The minimum atomic E-state index is -0.274. The van der Waals surface area contributed by atoms with Gasteiger partial charge in [0, 0.05) is 24.3 Å². The van der Waals surface area contributed by atoms with E-state index in [0.717, 1.165) is 28.9 Å². The molecule has 0 saturated carbocycles. The second kappa shape index (κ2) is 7.38. The minimum Gasteiger partial charge on any atom is -0.333 e. The topological polar surface area (TPSA) is 61.4 Å². The van der Waals surface area contributed by atoms with Gasteiger partial charge in [0.2, 0.25) is 5.91 Å². The van der Waals surface area contributed by atoms with Gasteiger partial charge in [-0.2, -0.15) is 0 Å². The maximum atomic E-state index is 12.3. The predicted molar refractivity (Wildman–Crippen MR) is 99.9 cm³/mol. The highest BCUT2D eigenvalue weighted by atomic mass is 16.2. The van der Waals surface area contributed by atoms with Gasteiger partial charge in [0.05, 0.1) is 6.04 Å². The van der Waals surface area contributed by atoms with E-state index in [-0.39, 0.29) is 18.0 Å². The molecule has 2 aromatic carbocycles. The number of anilines is 2. The third-order valence-electron chi connectivity index (χ3n) is 4.45. The lowest BCUT2D eigenvalue weighted by Gasteiger charge is -2.18. The highest BCUT2D eigenvalue weighted by molar-refractivity contribution is 5.97. The Bertz CT molecular complexity index is 771. The molecule has 5 heteroatoms. The van der Waals surface area contributed by atoms with Gasteiger partial charge in [-0.05, 0) is 37.1 Å². The molecule has 0 radical (unpaired) electrons. The Morgan fingerprint density at radius 3 is 2.60 bits per heavy atom. The molecule has 25 heavy (non-hydrogen) atoms. The summed E-state index contributed by atoms with van der Waals surface area (Å²) in [6, 6.07) is 15.1. The number of rotatable bonds is 4. The molecule has 2 N–H and O–H groups in total. The molecule has 1 atom stereocenters. The summed E-state index contributed by atoms with van der Waals surface area (Å²) >= 11 is 0. The van der Waals surface area contributed by atoms with Gasteiger partial charge >= 0.3 is 6.03 Å². The van der Waals surface area contributed by atoms with Crippen LogP contribution in [0.25, 0.3) is 0 Å². The Hall–Kier alpha value is -2.82. The number of carbonyl (C=O) groups excluding carboxylic acids is 2. The summed E-state index contributed by atoms with van der Waals surface area (Å²) in [4.78, 5) is 26.3. The number of benzene rings is 2. The average molecular weight is 337 g/mol. The molecule has 3 rings (SSSR count). The second-order valence-corrected chi connectivity index (χ2v) is 6.35. The van der Waals surface area contributed by atoms with Crippen LogP contribution in [0.15, 0.2) is 48.5 Å². The van der Waals surface area contributed by atoms with Crippen molar-refractivity contribution < 1.29 is 9.59 Å². The molecular weight excluding hydrogens is 314 g/mol. The maximum Gasteiger partial charge on any atom is 0.319 e. The number of urea groups is 1. The van der Waals surface area contributed by atoms with Gasteiger partial charge in [0.1, 0.15) is 0 Å². The van der Waals surface area contributed by atoms with Crippen molar-refractivity contribution in [1.29, 1.82) is 0 Å². The molecule has 130 valence electrons. The first kappa shape index (κ1) is 17.0. The third-order valence-corrected chi connectivity index (χ3v) is 4.45. The molecule has 1 fully saturated rings.